The first-order valence-corrected chi connectivity index (χ1v) is 11.0. The van der Waals surface area contributed by atoms with Gasteiger partial charge in [-0.3, -0.25) is 9.59 Å². The number of alkyl halides is 3. The highest BCUT2D eigenvalue weighted by atomic mass is 35.5. The molecule has 0 fully saturated rings. The van der Waals surface area contributed by atoms with Crippen molar-refractivity contribution in [1.82, 2.24) is 0 Å². The Kier molecular flexibility index (Phi) is 6.94. The van der Waals surface area contributed by atoms with E-state index in [-0.39, 0.29) is 22.5 Å². The second-order valence-corrected chi connectivity index (χ2v) is 8.40. The molecule has 3 aromatic carbocycles. The van der Waals surface area contributed by atoms with Crippen LogP contribution in [0.25, 0.3) is 11.0 Å². The number of fused-ring (bicyclic) bond motifs is 1. The molecule has 0 unspecified atom stereocenters. The third-order valence-corrected chi connectivity index (χ3v) is 5.39. The number of carbonyl (C=O) groups is 1. The molecule has 0 aliphatic rings. The number of anilines is 1. The lowest BCUT2D eigenvalue weighted by atomic mass is 10.1. The Bertz CT molecular complexity index is 1500. The monoisotopic (exact) mass is 517 g/mol. The Morgan fingerprint density at radius 1 is 1.03 bits per heavy atom. The molecule has 1 heterocycles. The lowest BCUT2D eigenvalue weighted by molar-refractivity contribution is -0.154. The number of amides is 1. The fourth-order valence-electron chi connectivity index (χ4n) is 3.33. The molecule has 36 heavy (non-hydrogen) atoms. The number of benzene rings is 3. The Labute approximate surface area is 208 Å². The Morgan fingerprint density at radius 2 is 1.75 bits per heavy atom. The van der Waals surface area contributed by atoms with E-state index in [9.17, 15) is 22.8 Å². The van der Waals surface area contributed by atoms with Gasteiger partial charge in [0.25, 0.3) is 11.7 Å². The molecule has 6 nitrogen and oxygen atoms in total. The number of carbonyl (C=O) groups excluding carboxylic acids is 1. The van der Waals surface area contributed by atoms with E-state index in [1.54, 1.807) is 50.2 Å². The smallest absolute Gasteiger partial charge is 0.453 e. The summed E-state index contributed by atoms with van der Waals surface area (Å²) in [6.45, 7) is 2.97. The van der Waals surface area contributed by atoms with E-state index in [1.807, 2.05) is 0 Å². The summed E-state index contributed by atoms with van der Waals surface area (Å²) in [5.41, 5.74) is 0.432. The van der Waals surface area contributed by atoms with Gasteiger partial charge in [0.2, 0.25) is 11.2 Å². The zero-order valence-corrected chi connectivity index (χ0v) is 19.8. The van der Waals surface area contributed by atoms with E-state index < -0.39 is 35.6 Å². The number of aryl methyl sites for hydroxylation is 2. The molecule has 1 N–H and O–H groups in total. The van der Waals surface area contributed by atoms with Crippen LogP contribution in [0.5, 0.6) is 17.2 Å². The fourth-order valence-corrected chi connectivity index (χ4v) is 3.46. The summed E-state index contributed by atoms with van der Waals surface area (Å²) >= 11 is 5.80. The van der Waals surface area contributed by atoms with Gasteiger partial charge in [-0.2, -0.15) is 13.2 Å². The summed E-state index contributed by atoms with van der Waals surface area (Å²) in [4.78, 5) is 25.1. The summed E-state index contributed by atoms with van der Waals surface area (Å²) in [6, 6.07) is 15.1. The van der Waals surface area contributed by atoms with Gasteiger partial charge in [-0.25, -0.2) is 0 Å². The van der Waals surface area contributed by atoms with Crippen molar-refractivity contribution < 1.29 is 31.9 Å². The summed E-state index contributed by atoms with van der Waals surface area (Å²) in [7, 11) is 0. The van der Waals surface area contributed by atoms with Crippen molar-refractivity contribution in [2.24, 2.45) is 0 Å². The molecule has 0 aliphatic heterocycles. The van der Waals surface area contributed by atoms with E-state index in [2.05, 4.69) is 5.32 Å². The Hall–Kier alpha value is -3.98. The molecule has 186 valence electrons. The average Bonchev–Trinajstić information content (AvgIpc) is 2.82. The summed E-state index contributed by atoms with van der Waals surface area (Å²) < 4.78 is 57.4. The first kappa shape index (κ1) is 25.1. The minimum absolute atomic E-state index is 0.0354. The van der Waals surface area contributed by atoms with Crippen LogP contribution in [0.3, 0.4) is 0 Å². The van der Waals surface area contributed by atoms with Gasteiger partial charge in [-0.15, -0.1) is 0 Å². The topological polar surface area (TPSA) is 77.8 Å². The third kappa shape index (κ3) is 5.63. The van der Waals surface area contributed by atoms with Crippen LogP contribution in [0.2, 0.25) is 5.02 Å². The molecule has 4 rings (SSSR count). The quantitative estimate of drug-likeness (QED) is 0.301. The molecule has 0 atom stereocenters. The van der Waals surface area contributed by atoms with Gasteiger partial charge in [-0.1, -0.05) is 23.7 Å². The average molecular weight is 518 g/mol. The predicted octanol–water partition coefficient (Wildman–Crippen LogP) is 6.89. The third-order valence-electron chi connectivity index (χ3n) is 5.13. The van der Waals surface area contributed by atoms with Crippen molar-refractivity contribution in [3.8, 4) is 17.2 Å². The summed E-state index contributed by atoms with van der Waals surface area (Å²) in [5.74, 6) is -2.89. The van der Waals surface area contributed by atoms with Gasteiger partial charge in [0, 0.05) is 16.8 Å². The van der Waals surface area contributed by atoms with E-state index in [4.69, 9.17) is 25.5 Å². The van der Waals surface area contributed by atoms with Gasteiger partial charge in [0.1, 0.15) is 17.1 Å². The van der Waals surface area contributed by atoms with E-state index in [1.165, 1.54) is 18.2 Å². The normalized spacial score (nSPS) is 11.4. The van der Waals surface area contributed by atoms with Crippen LogP contribution in [0.1, 0.15) is 16.9 Å². The van der Waals surface area contributed by atoms with Crippen molar-refractivity contribution in [3.63, 3.8) is 0 Å². The highest BCUT2D eigenvalue weighted by Gasteiger charge is 2.40. The van der Waals surface area contributed by atoms with Gasteiger partial charge < -0.3 is 19.2 Å². The lowest BCUT2D eigenvalue weighted by Crippen LogP contribution is -2.20. The number of hydrogen-bond donors (Lipinski definition) is 1. The maximum absolute atomic E-state index is 13.8. The highest BCUT2D eigenvalue weighted by Crippen LogP contribution is 2.39. The number of nitrogens with one attached hydrogen (secondary N) is 1. The lowest BCUT2D eigenvalue weighted by Gasteiger charge is -2.15. The Balaban J connectivity index is 1.62. The Morgan fingerprint density at radius 3 is 2.44 bits per heavy atom. The zero-order chi connectivity index (χ0) is 26.0. The predicted molar refractivity (Wildman–Crippen MR) is 129 cm³/mol. The summed E-state index contributed by atoms with van der Waals surface area (Å²) in [5, 5.41) is 2.96. The van der Waals surface area contributed by atoms with Crippen LogP contribution >= 0.6 is 11.6 Å². The van der Waals surface area contributed by atoms with E-state index >= 15 is 0 Å². The van der Waals surface area contributed by atoms with Crippen LogP contribution in [0.4, 0.5) is 18.9 Å². The van der Waals surface area contributed by atoms with Crippen molar-refractivity contribution in [1.29, 1.82) is 0 Å². The molecule has 0 bridgehead atoms. The number of rotatable bonds is 6. The van der Waals surface area contributed by atoms with Crippen LogP contribution in [0, 0.1) is 13.8 Å². The van der Waals surface area contributed by atoms with E-state index in [0.717, 1.165) is 11.6 Å². The highest BCUT2D eigenvalue weighted by molar-refractivity contribution is 6.30. The molecule has 4 aromatic rings. The first-order chi connectivity index (χ1) is 17.0. The van der Waals surface area contributed by atoms with Crippen LogP contribution < -0.4 is 20.2 Å². The van der Waals surface area contributed by atoms with Crippen LogP contribution in [0.15, 0.2) is 69.9 Å². The number of ether oxygens (including phenoxy) is 2. The molecule has 0 aliphatic carbocycles. The van der Waals surface area contributed by atoms with E-state index in [0.29, 0.717) is 16.3 Å². The number of halogens is 4. The van der Waals surface area contributed by atoms with Crippen molar-refractivity contribution in [2.75, 3.05) is 11.9 Å². The maximum Gasteiger partial charge on any atom is 0.453 e. The second kappa shape index (κ2) is 9.94. The van der Waals surface area contributed by atoms with Crippen molar-refractivity contribution >= 4 is 34.2 Å². The van der Waals surface area contributed by atoms with Gasteiger partial charge in [0.15, 0.2) is 6.61 Å². The molecule has 1 amide bonds. The maximum atomic E-state index is 13.8. The number of hydrogen-bond acceptors (Lipinski definition) is 5. The fraction of sp³-hybridized carbons (Fsp3) is 0.154. The minimum atomic E-state index is -5.00. The molecular formula is C26H19ClF3NO5. The van der Waals surface area contributed by atoms with Crippen LogP contribution in [-0.2, 0) is 11.0 Å². The summed E-state index contributed by atoms with van der Waals surface area (Å²) in [6.07, 6.45) is -5.00. The van der Waals surface area contributed by atoms with Gasteiger partial charge >= 0.3 is 6.18 Å². The second-order valence-electron chi connectivity index (χ2n) is 7.96. The van der Waals surface area contributed by atoms with Crippen molar-refractivity contribution in [3.05, 3.63) is 92.8 Å². The molecule has 0 saturated carbocycles. The van der Waals surface area contributed by atoms with Gasteiger partial charge in [-0.05, 0) is 67.4 Å². The standard InChI is InChI=1S/C26H19ClF3NO5/c1-14-3-4-15(2)20(11-14)35-24-23(33)19-10-9-18(12-21(19)36-25(24)26(28,29)30)34-13-22(32)31-17-7-5-16(27)6-8-17/h3-12H,13H2,1-2H3,(H,31,32). The van der Waals surface area contributed by atoms with Crippen molar-refractivity contribution in [2.45, 2.75) is 20.0 Å². The molecule has 0 saturated heterocycles. The molecule has 0 radical (unpaired) electrons. The molecule has 10 heteroatoms. The van der Waals surface area contributed by atoms with Gasteiger partial charge in [0.05, 0.1) is 5.39 Å². The SMILES string of the molecule is Cc1ccc(C)c(Oc2c(C(F)(F)F)oc3cc(OCC(=O)Nc4ccc(Cl)cc4)ccc3c2=O)c1. The molecular weight excluding hydrogens is 499 g/mol. The first-order valence-electron chi connectivity index (χ1n) is 10.6. The zero-order valence-electron chi connectivity index (χ0n) is 19.0. The molecule has 0 spiro atoms. The molecule has 1 aromatic heterocycles. The minimum Gasteiger partial charge on any atom is -0.484 e. The van der Waals surface area contributed by atoms with Crippen LogP contribution in [-0.4, -0.2) is 12.5 Å². The largest absolute Gasteiger partial charge is 0.484 e.